The van der Waals surface area contributed by atoms with Crippen LogP contribution in [0.25, 0.3) is 0 Å². The molecule has 3 rings (SSSR count). The van der Waals surface area contributed by atoms with Crippen LogP contribution in [0.4, 0.5) is 10.1 Å². The van der Waals surface area contributed by atoms with Crippen LogP contribution in [0.3, 0.4) is 0 Å². The van der Waals surface area contributed by atoms with Gasteiger partial charge < -0.3 is 9.64 Å². The maximum Gasteiger partial charge on any atom is 0.264 e. The molecule has 3 aromatic rings. The quantitative estimate of drug-likeness (QED) is 0.514. The fourth-order valence-corrected chi connectivity index (χ4v) is 4.51. The van der Waals surface area contributed by atoms with Crippen molar-refractivity contribution in [3.8, 4) is 5.75 Å². The van der Waals surface area contributed by atoms with Crippen LogP contribution >= 0.6 is 0 Å². The minimum absolute atomic E-state index is 0.0907. The monoisotopic (exact) mass is 456 g/mol. The largest absolute Gasteiger partial charge is 0.497 e. The normalized spacial score (nSPS) is 11.1. The van der Waals surface area contributed by atoms with Crippen molar-refractivity contribution < 1.29 is 22.3 Å². The molecule has 0 bridgehead atoms. The number of carbonyl (C=O) groups excluding carboxylic acids is 1. The van der Waals surface area contributed by atoms with Crippen molar-refractivity contribution in [1.82, 2.24) is 4.90 Å². The number of hydrogen-bond donors (Lipinski definition) is 0. The fraction of sp³-hybridized carbons (Fsp3) is 0.208. The zero-order valence-electron chi connectivity index (χ0n) is 18.2. The summed E-state index contributed by atoms with van der Waals surface area (Å²) in [5.41, 5.74) is 2.00. The highest BCUT2D eigenvalue weighted by Crippen LogP contribution is 2.26. The van der Waals surface area contributed by atoms with E-state index >= 15 is 0 Å². The molecule has 1 amide bonds. The Morgan fingerprint density at radius 1 is 0.938 bits per heavy atom. The number of carbonyl (C=O) groups is 1. The molecule has 0 aliphatic heterocycles. The average Bonchev–Trinajstić information content (AvgIpc) is 2.79. The topological polar surface area (TPSA) is 66.9 Å². The number of nitrogens with zero attached hydrogens (tertiary/aromatic N) is 2. The summed E-state index contributed by atoms with van der Waals surface area (Å²) in [5, 5.41) is 0. The number of ether oxygens (including phenoxy) is 1. The minimum atomic E-state index is -4.00. The Balaban J connectivity index is 1.90. The number of halogens is 1. The molecule has 0 N–H and O–H groups in total. The van der Waals surface area contributed by atoms with Crippen LogP contribution in [0.5, 0.6) is 5.75 Å². The maximum atomic E-state index is 13.4. The van der Waals surface area contributed by atoms with E-state index in [2.05, 4.69) is 0 Å². The van der Waals surface area contributed by atoms with Gasteiger partial charge in [0.05, 0.1) is 17.7 Å². The standard InChI is InChI=1S/C24H25FN2O4S/c1-18-4-14-23(15-5-18)32(29,30)27(21-10-12-22(31-3)13-11-21)17-24(28)26(2)16-19-6-8-20(25)9-7-19/h4-15H,16-17H2,1-3H3. The second-order valence-electron chi connectivity index (χ2n) is 7.40. The van der Waals surface area contributed by atoms with Crippen molar-refractivity contribution in [2.24, 2.45) is 0 Å². The van der Waals surface area contributed by atoms with Crippen molar-refractivity contribution in [2.45, 2.75) is 18.4 Å². The second-order valence-corrected chi connectivity index (χ2v) is 9.26. The molecule has 0 fully saturated rings. The molecule has 8 heteroatoms. The highest BCUT2D eigenvalue weighted by Gasteiger charge is 2.28. The van der Waals surface area contributed by atoms with Crippen LogP contribution in [0.15, 0.2) is 77.7 Å². The van der Waals surface area contributed by atoms with Crippen LogP contribution in [-0.4, -0.2) is 39.9 Å². The van der Waals surface area contributed by atoms with Gasteiger partial charge in [0, 0.05) is 13.6 Å². The molecule has 3 aromatic carbocycles. The molecule has 0 aliphatic carbocycles. The van der Waals surface area contributed by atoms with Gasteiger partial charge in [-0.25, -0.2) is 12.8 Å². The summed E-state index contributed by atoms with van der Waals surface area (Å²) in [6, 6.07) is 18.7. The Labute approximate surface area is 187 Å². The maximum absolute atomic E-state index is 13.4. The van der Waals surface area contributed by atoms with Gasteiger partial charge in [0.2, 0.25) is 5.91 Å². The first kappa shape index (κ1) is 23.3. The summed E-state index contributed by atoms with van der Waals surface area (Å²) in [5.74, 6) is -0.195. The number of sulfonamides is 1. The van der Waals surface area contributed by atoms with E-state index in [1.165, 1.54) is 36.3 Å². The number of anilines is 1. The molecular formula is C24H25FN2O4S. The Bertz CT molecular complexity index is 1160. The fourth-order valence-electron chi connectivity index (χ4n) is 3.10. The Morgan fingerprint density at radius 2 is 1.53 bits per heavy atom. The minimum Gasteiger partial charge on any atom is -0.497 e. The molecule has 0 aromatic heterocycles. The molecule has 0 aliphatic rings. The molecule has 0 radical (unpaired) electrons. The van der Waals surface area contributed by atoms with Crippen LogP contribution < -0.4 is 9.04 Å². The molecule has 168 valence electrons. The molecule has 6 nitrogen and oxygen atoms in total. The number of rotatable bonds is 8. The second kappa shape index (κ2) is 9.82. The van der Waals surface area contributed by atoms with Gasteiger partial charge in [-0.05, 0) is 61.0 Å². The predicted octanol–water partition coefficient (Wildman–Crippen LogP) is 4.00. The van der Waals surface area contributed by atoms with Crippen molar-refractivity contribution in [2.75, 3.05) is 25.0 Å². The van der Waals surface area contributed by atoms with E-state index in [0.717, 1.165) is 15.4 Å². The highest BCUT2D eigenvalue weighted by atomic mass is 32.2. The molecule has 0 atom stereocenters. The molecule has 0 heterocycles. The molecule has 0 saturated heterocycles. The first-order chi connectivity index (χ1) is 15.2. The van der Waals surface area contributed by atoms with Gasteiger partial charge in [0.25, 0.3) is 10.0 Å². The Hall–Kier alpha value is -3.39. The summed E-state index contributed by atoms with van der Waals surface area (Å²) in [6.45, 7) is 1.70. The summed E-state index contributed by atoms with van der Waals surface area (Å²) < 4.78 is 46.3. The summed E-state index contributed by atoms with van der Waals surface area (Å²) >= 11 is 0. The van der Waals surface area contributed by atoms with Crippen molar-refractivity contribution in [3.63, 3.8) is 0 Å². The van der Waals surface area contributed by atoms with Gasteiger partial charge in [-0.1, -0.05) is 29.8 Å². The first-order valence-electron chi connectivity index (χ1n) is 9.92. The molecular weight excluding hydrogens is 431 g/mol. The number of amides is 1. The van der Waals surface area contributed by atoms with Crippen LogP contribution in [-0.2, 0) is 21.4 Å². The van der Waals surface area contributed by atoms with Crippen LogP contribution in [0.2, 0.25) is 0 Å². The molecule has 0 spiro atoms. The predicted molar refractivity (Wildman–Crippen MR) is 122 cm³/mol. The third-order valence-corrected chi connectivity index (χ3v) is 6.80. The summed E-state index contributed by atoms with van der Waals surface area (Å²) in [7, 11) is -0.905. The van der Waals surface area contributed by atoms with Gasteiger partial charge in [-0.2, -0.15) is 0 Å². The van der Waals surface area contributed by atoms with E-state index in [1.807, 2.05) is 6.92 Å². The summed E-state index contributed by atoms with van der Waals surface area (Å²) in [6.07, 6.45) is 0. The smallest absolute Gasteiger partial charge is 0.264 e. The lowest BCUT2D eigenvalue weighted by atomic mass is 10.2. The van der Waals surface area contributed by atoms with Crippen LogP contribution in [0.1, 0.15) is 11.1 Å². The van der Waals surface area contributed by atoms with E-state index in [1.54, 1.807) is 55.6 Å². The van der Waals surface area contributed by atoms with Gasteiger partial charge in [0.15, 0.2) is 0 Å². The van der Waals surface area contributed by atoms with E-state index in [9.17, 15) is 17.6 Å². The lowest BCUT2D eigenvalue weighted by Gasteiger charge is -2.27. The Morgan fingerprint density at radius 3 is 2.09 bits per heavy atom. The van der Waals surface area contributed by atoms with Crippen molar-refractivity contribution in [1.29, 1.82) is 0 Å². The van der Waals surface area contributed by atoms with Crippen LogP contribution in [0, 0.1) is 12.7 Å². The molecule has 0 unspecified atom stereocenters. The highest BCUT2D eigenvalue weighted by molar-refractivity contribution is 7.92. The van der Waals surface area contributed by atoms with Crippen molar-refractivity contribution in [3.05, 3.63) is 89.7 Å². The van der Waals surface area contributed by atoms with Gasteiger partial charge >= 0.3 is 0 Å². The molecule has 32 heavy (non-hydrogen) atoms. The number of benzene rings is 3. The van der Waals surface area contributed by atoms with E-state index in [0.29, 0.717) is 11.4 Å². The molecule has 0 saturated carbocycles. The van der Waals surface area contributed by atoms with E-state index in [-0.39, 0.29) is 23.8 Å². The SMILES string of the molecule is COc1ccc(N(CC(=O)N(C)Cc2ccc(F)cc2)S(=O)(=O)c2ccc(C)cc2)cc1. The number of hydrogen-bond acceptors (Lipinski definition) is 4. The Kier molecular flexibility index (Phi) is 7.15. The average molecular weight is 457 g/mol. The lowest BCUT2D eigenvalue weighted by molar-refractivity contribution is -0.128. The summed E-state index contributed by atoms with van der Waals surface area (Å²) in [4.78, 5) is 14.5. The third-order valence-electron chi connectivity index (χ3n) is 5.01. The van der Waals surface area contributed by atoms with Crippen molar-refractivity contribution >= 4 is 21.6 Å². The zero-order valence-corrected chi connectivity index (χ0v) is 19.0. The van der Waals surface area contributed by atoms with E-state index in [4.69, 9.17) is 4.74 Å². The van der Waals surface area contributed by atoms with Gasteiger partial charge in [-0.15, -0.1) is 0 Å². The third kappa shape index (κ3) is 5.45. The number of likely N-dealkylation sites (N-methyl/N-ethyl adjacent to an activating group) is 1. The lowest BCUT2D eigenvalue weighted by Crippen LogP contribution is -2.41. The number of aryl methyl sites for hydroxylation is 1. The van der Waals surface area contributed by atoms with E-state index < -0.39 is 15.9 Å². The zero-order chi connectivity index (χ0) is 23.3. The van der Waals surface area contributed by atoms with Gasteiger partial charge in [-0.3, -0.25) is 9.10 Å². The first-order valence-corrected chi connectivity index (χ1v) is 11.4. The van der Waals surface area contributed by atoms with Gasteiger partial charge in [0.1, 0.15) is 18.1 Å². The number of methoxy groups -OCH3 is 1.